The molecule has 0 aromatic rings. The van der Waals surface area contributed by atoms with Crippen LogP contribution in [-0.4, -0.2) is 42.1 Å². The first-order valence-electron chi connectivity index (χ1n) is 3.84. The predicted octanol–water partition coefficient (Wildman–Crippen LogP) is -0.268. The van der Waals surface area contributed by atoms with E-state index in [0.717, 1.165) is 0 Å². The Morgan fingerprint density at radius 1 is 1.58 bits per heavy atom. The molecule has 1 heterocycles. The molecule has 1 aliphatic heterocycles. The van der Waals surface area contributed by atoms with Gasteiger partial charge in [0.1, 0.15) is 0 Å². The van der Waals surface area contributed by atoms with Gasteiger partial charge >= 0.3 is 6.09 Å². The summed E-state index contributed by atoms with van der Waals surface area (Å²) in [4.78, 5) is 22.8. The van der Waals surface area contributed by atoms with Crippen molar-refractivity contribution in [1.29, 1.82) is 0 Å². The molecule has 68 valence electrons. The fourth-order valence-electron chi connectivity index (χ4n) is 1.35. The SMILES string of the molecule is CNC(=O)C1CCN(C(=O)O)C1. The lowest BCUT2D eigenvalue weighted by atomic mass is 10.1. The highest BCUT2D eigenvalue weighted by atomic mass is 16.4. The first-order valence-corrected chi connectivity index (χ1v) is 3.84. The molecule has 1 aliphatic rings. The van der Waals surface area contributed by atoms with Gasteiger partial charge in [-0.15, -0.1) is 0 Å². The van der Waals surface area contributed by atoms with Crippen molar-refractivity contribution < 1.29 is 14.7 Å². The third-order valence-electron chi connectivity index (χ3n) is 2.08. The van der Waals surface area contributed by atoms with Gasteiger partial charge in [0.15, 0.2) is 0 Å². The van der Waals surface area contributed by atoms with Gasteiger partial charge in [0.05, 0.1) is 5.92 Å². The van der Waals surface area contributed by atoms with E-state index in [1.807, 2.05) is 0 Å². The lowest BCUT2D eigenvalue weighted by molar-refractivity contribution is -0.124. The Morgan fingerprint density at radius 2 is 2.25 bits per heavy atom. The summed E-state index contributed by atoms with van der Waals surface area (Å²) in [6, 6.07) is 0. The van der Waals surface area contributed by atoms with Crippen molar-refractivity contribution in [2.75, 3.05) is 20.1 Å². The maximum Gasteiger partial charge on any atom is 0.407 e. The molecule has 12 heavy (non-hydrogen) atoms. The molecule has 5 nitrogen and oxygen atoms in total. The molecular formula is C7H12N2O3. The number of nitrogens with zero attached hydrogens (tertiary/aromatic N) is 1. The lowest BCUT2D eigenvalue weighted by Crippen LogP contribution is -2.32. The zero-order valence-electron chi connectivity index (χ0n) is 6.91. The van der Waals surface area contributed by atoms with Gasteiger partial charge in [-0.1, -0.05) is 0 Å². The largest absolute Gasteiger partial charge is 0.465 e. The molecule has 0 radical (unpaired) electrons. The van der Waals surface area contributed by atoms with Crippen molar-refractivity contribution in [2.24, 2.45) is 5.92 Å². The van der Waals surface area contributed by atoms with Crippen LogP contribution < -0.4 is 5.32 Å². The van der Waals surface area contributed by atoms with Crippen LogP contribution in [0, 0.1) is 5.92 Å². The standard InChI is InChI=1S/C7H12N2O3/c1-8-6(10)5-2-3-9(4-5)7(11)12/h5H,2-4H2,1H3,(H,8,10)(H,11,12). The van der Waals surface area contributed by atoms with Crippen LogP contribution in [0.15, 0.2) is 0 Å². The topological polar surface area (TPSA) is 69.6 Å². The maximum absolute atomic E-state index is 11.1. The number of carbonyl (C=O) groups is 2. The Morgan fingerprint density at radius 3 is 2.67 bits per heavy atom. The average molecular weight is 172 g/mol. The summed E-state index contributed by atoms with van der Waals surface area (Å²) in [5, 5.41) is 11.1. The number of nitrogens with one attached hydrogen (secondary N) is 1. The van der Waals surface area contributed by atoms with Crippen LogP contribution in [0.1, 0.15) is 6.42 Å². The van der Waals surface area contributed by atoms with Gasteiger partial charge in [-0.2, -0.15) is 0 Å². The maximum atomic E-state index is 11.1. The second kappa shape index (κ2) is 3.42. The lowest BCUT2D eigenvalue weighted by Gasteiger charge is -2.10. The van der Waals surface area contributed by atoms with Gasteiger partial charge in [0.2, 0.25) is 5.91 Å². The number of likely N-dealkylation sites (tertiary alicyclic amines) is 1. The summed E-state index contributed by atoms with van der Waals surface area (Å²) in [6.07, 6.45) is -0.312. The zero-order valence-corrected chi connectivity index (χ0v) is 6.91. The van der Waals surface area contributed by atoms with E-state index in [4.69, 9.17) is 5.11 Å². The Kier molecular flexibility index (Phi) is 2.52. The summed E-state index contributed by atoms with van der Waals surface area (Å²) in [6.45, 7) is 0.794. The van der Waals surface area contributed by atoms with E-state index < -0.39 is 6.09 Å². The van der Waals surface area contributed by atoms with Gasteiger partial charge < -0.3 is 15.3 Å². The van der Waals surface area contributed by atoms with E-state index in [2.05, 4.69) is 5.32 Å². The van der Waals surface area contributed by atoms with Crippen molar-refractivity contribution in [1.82, 2.24) is 10.2 Å². The molecule has 2 amide bonds. The minimum Gasteiger partial charge on any atom is -0.465 e. The number of carbonyl (C=O) groups excluding carboxylic acids is 1. The highest BCUT2D eigenvalue weighted by Crippen LogP contribution is 2.15. The Bertz CT molecular complexity index is 205. The minimum atomic E-state index is -0.943. The highest BCUT2D eigenvalue weighted by Gasteiger charge is 2.29. The van der Waals surface area contributed by atoms with Crippen LogP contribution in [0.2, 0.25) is 0 Å². The number of hydrogen-bond acceptors (Lipinski definition) is 2. The fourth-order valence-corrected chi connectivity index (χ4v) is 1.35. The van der Waals surface area contributed by atoms with Gasteiger partial charge in [-0.3, -0.25) is 4.79 Å². The van der Waals surface area contributed by atoms with Crippen LogP contribution in [0.5, 0.6) is 0 Å². The molecule has 1 atom stereocenters. The Hall–Kier alpha value is -1.26. The normalized spacial score (nSPS) is 22.4. The monoisotopic (exact) mass is 172 g/mol. The molecule has 2 N–H and O–H groups in total. The van der Waals surface area contributed by atoms with Gasteiger partial charge in [0, 0.05) is 20.1 Å². The Balaban J connectivity index is 2.45. The smallest absolute Gasteiger partial charge is 0.407 e. The molecule has 1 fully saturated rings. The van der Waals surface area contributed by atoms with Crippen molar-refractivity contribution in [2.45, 2.75) is 6.42 Å². The molecule has 5 heteroatoms. The van der Waals surface area contributed by atoms with Crippen LogP contribution in [0.25, 0.3) is 0 Å². The quantitative estimate of drug-likeness (QED) is 0.572. The number of amides is 2. The van der Waals surface area contributed by atoms with Crippen molar-refractivity contribution in [3.8, 4) is 0 Å². The second-order valence-electron chi connectivity index (χ2n) is 2.83. The molecular weight excluding hydrogens is 160 g/mol. The Labute approximate surface area is 70.4 Å². The summed E-state index contributed by atoms with van der Waals surface area (Å²) >= 11 is 0. The fraction of sp³-hybridized carbons (Fsp3) is 0.714. The number of carboxylic acid groups (broad SMARTS) is 1. The number of hydrogen-bond donors (Lipinski definition) is 2. The van der Waals surface area contributed by atoms with Crippen LogP contribution in [0.4, 0.5) is 4.79 Å². The second-order valence-corrected chi connectivity index (χ2v) is 2.83. The molecule has 0 bridgehead atoms. The van der Waals surface area contributed by atoms with E-state index in [1.54, 1.807) is 7.05 Å². The first kappa shape index (κ1) is 8.83. The van der Waals surface area contributed by atoms with E-state index in [-0.39, 0.29) is 11.8 Å². The summed E-state index contributed by atoms with van der Waals surface area (Å²) in [5.74, 6) is -0.232. The molecule has 1 unspecified atom stereocenters. The van der Waals surface area contributed by atoms with E-state index in [1.165, 1.54) is 4.90 Å². The summed E-state index contributed by atoms with van der Waals surface area (Å²) in [5.41, 5.74) is 0. The molecule has 0 saturated carbocycles. The number of rotatable bonds is 1. The van der Waals surface area contributed by atoms with Crippen molar-refractivity contribution >= 4 is 12.0 Å². The molecule has 0 spiro atoms. The molecule has 0 aromatic heterocycles. The van der Waals surface area contributed by atoms with Gasteiger partial charge in [0.25, 0.3) is 0 Å². The van der Waals surface area contributed by atoms with E-state index in [0.29, 0.717) is 19.5 Å². The summed E-state index contributed by atoms with van der Waals surface area (Å²) < 4.78 is 0. The third-order valence-corrected chi connectivity index (χ3v) is 2.08. The van der Waals surface area contributed by atoms with E-state index >= 15 is 0 Å². The van der Waals surface area contributed by atoms with Crippen molar-refractivity contribution in [3.63, 3.8) is 0 Å². The van der Waals surface area contributed by atoms with Gasteiger partial charge in [-0.05, 0) is 6.42 Å². The average Bonchev–Trinajstić information content (AvgIpc) is 2.51. The van der Waals surface area contributed by atoms with Crippen LogP contribution in [0.3, 0.4) is 0 Å². The molecule has 1 rings (SSSR count). The highest BCUT2D eigenvalue weighted by molar-refractivity contribution is 5.80. The molecule has 1 saturated heterocycles. The third kappa shape index (κ3) is 1.66. The predicted molar refractivity (Wildman–Crippen MR) is 41.8 cm³/mol. The van der Waals surface area contributed by atoms with E-state index in [9.17, 15) is 9.59 Å². The molecule has 0 aromatic carbocycles. The van der Waals surface area contributed by atoms with Crippen molar-refractivity contribution in [3.05, 3.63) is 0 Å². The minimum absolute atomic E-state index is 0.0706. The zero-order chi connectivity index (χ0) is 9.14. The van der Waals surface area contributed by atoms with Gasteiger partial charge in [-0.25, -0.2) is 4.79 Å². The van der Waals surface area contributed by atoms with Crippen LogP contribution >= 0.6 is 0 Å². The molecule has 0 aliphatic carbocycles. The van der Waals surface area contributed by atoms with Crippen LogP contribution in [-0.2, 0) is 4.79 Å². The first-order chi connectivity index (χ1) is 5.65. The summed E-state index contributed by atoms with van der Waals surface area (Å²) in [7, 11) is 1.56.